The summed E-state index contributed by atoms with van der Waals surface area (Å²) >= 11 is 0. The fourth-order valence-electron chi connectivity index (χ4n) is 4.52. The molecule has 35 heavy (non-hydrogen) atoms. The van der Waals surface area contributed by atoms with Crippen LogP contribution in [0.4, 0.5) is 0 Å². The second kappa shape index (κ2) is 9.21. The summed E-state index contributed by atoms with van der Waals surface area (Å²) in [6.45, 7) is 7.24. The average Bonchev–Trinajstić information content (AvgIpc) is 3.24. The molecule has 3 aromatic rings. The highest BCUT2D eigenvalue weighted by atomic mass is 32.2. The van der Waals surface area contributed by atoms with Crippen molar-refractivity contribution < 1.29 is 13.2 Å². The van der Waals surface area contributed by atoms with Crippen molar-refractivity contribution in [2.24, 2.45) is 5.92 Å². The Balaban J connectivity index is 1.84. The van der Waals surface area contributed by atoms with Gasteiger partial charge in [0, 0.05) is 42.0 Å². The second-order valence-corrected chi connectivity index (χ2v) is 11.9. The second-order valence-electron chi connectivity index (χ2n) is 10.1. The van der Waals surface area contributed by atoms with Gasteiger partial charge in [-0.05, 0) is 42.0 Å². The SMILES string of the molecule is COc1c(C(C)(C)C)cc(-n2ccc(=O)[nH]c2=O)c2ncc(C3CC(CNS(C)(=O)=O)CN3)cc12. The Morgan fingerprint density at radius 2 is 2.00 bits per heavy atom. The predicted octanol–water partition coefficient (Wildman–Crippen LogP) is 1.58. The molecule has 3 N–H and O–H groups in total. The van der Waals surface area contributed by atoms with Gasteiger partial charge < -0.3 is 10.1 Å². The summed E-state index contributed by atoms with van der Waals surface area (Å²) in [5, 5.41) is 4.21. The molecule has 0 bridgehead atoms. The lowest BCUT2D eigenvalue weighted by molar-refractivity contribution is 0.402. The number of sulfonamides is 1. The smallest absolute Gasteiger partial charge is 0.332 e. The van der Waals surface area contributed by atoms with E-state index in [-0.39, 0.29) is 17.4 Å². The number of methoxy groups -OCH3 is 1. The van der Waals surface area contributed by atoms with Gasteiger partial charge in [0.15, 0.2) is 0 Å². The number of nitrogens with zero attached hydrogens (tertiary/aromatic N) is 2. The number of pyridine rings is 1. The molecule has 0 aliphatic carbocycles. The summed E-state index contributed by atoms with van der Waals surface area (Å²) in [5.74, 6) is 0.833. The lowest BCUT2D eigenvalue weighted by Gasteiger charge is -2.25. The minimum Gasteiger partial charge on any atom is -0.496 e. The van der Waals surface area contributed by atoms with Gasteiger partial charge in [0.1, 0.15) is 5.75 Å². The third-order valence-electron chi connectivity index (χ3n) is 6.28. The molecule has 188 valence electrons. The van der Waals surface area contributed by atoms with Crippen molar-refractivity contribution in [1.82, 2.24) is 24.6 Å². The zero-order valence-electron chi connectivity index (χ0n) is 20.5. The summed E-state index contributed by atoms with van der Waals surface area (Å²) in [6.07, 6.45) is 5.12. The van der Waals surface area contributed by atoms with Gasteiger partial charge in [-0.1, -0.05) is 20.8 Å². The van der Waals surface area contributed by atoms with E-state index >= 15 is 0 Å². The summed E-state index contributed by atoms with van der Waals surface area (Å²) in [7, 11) is -1.63. The summed E-state index contributed by atoms with van der Waals surface area (Å²) in [5.41, 5.74) is 1.65. The molecule has 1 fully saturated rings. The van der Waals surface area contributed by atoms with Gasteiger partial charge in [0.2, 0.25) is 10.0 Å². The van der Waals surface area contributed by atoms with Crippen molar-refractivity contribution in [2.75, 3.05) is 26.5 Å². The van der Waals surface area contributed by atoms with Gasteiger partial charge in [-0.15, -0.1) is 0 Å². The third kappa shape index (κ3) is 5.31. The number of benzene rings is 1. The molecule has 1 saturated heterocycles. The molecule has 10 nitrogen and oxygen atoms in total. The molecule has 2 aromatic heterocycles. The molecule has 2 unspecified atom stereocenters. The van der Waals surface area contributed by atoms with Crippen LogP contribution in [0.2, 0.25) is 0 Å². The van der Waals surface area contributed by atoms with Gasteiger partial charge in [0.25, 0.3) is 5.56 Å². The van der Waals surface area contributed by atoms with Crippen LogP contribution >= 0.6 is 0 Å². The fraction of sp³-hybridized carbons (Fsp3) is 0.458. The molecule has 0 saturated carbocycles. The number of aromatic nitrogens is 3. The fourth-order valence-corrected chi connectivity index (χ4v) is 5.06. The van der Waals surface area contributed by atoms with E-state index in [1.54, 1.807) is 13.3 Å². The number of hydrogen-bond acceptors (Lipinski definition) is 7. The number of H-pyrrole nitrogens is 1. The number of ether oxygens (including phenoxy) is 1. The molecule has 0 amide bonds. The first kappa shape index (κ1) is 25.1. The lowest BCUT2D eigenvalue weighted by atomic mass is 9.84. The monoisotopic (exact) mass is 501 g/mol. The number of fused-ring (bicyclic) bond motifs is 1. The van der Waals surface area contributed by atoms with E-state index in [4.69, 9.17) is 9.72 Å². The topological polar surface area (TPSA) is 135 Å². The predicted molar refractivity (Wildman–Crippen MR) is 135 cm³/mol. The Kier molecular flexibility index (Phi) is 6.60. The van der Waals surface area contributed by atoms with Crippen LogP contribution in [-0.4, -0.2) is 49.4 Å². The van der Waals surface area contributed by atoms with E-state index < -0.39 is 21.3 Å². The number of aromatic amines is 1. The molecule has 1 aliphatic rings. The number of hydrogen-bond donors (Lipinski definition) is 3. The van der Waals surface area contributed by atoms with E-state index in [0.717, 1.165) is 29.2 Å². The van der Waals surface area contributed by atoms with Crippen molar-refractivity contribution in [3.05, 3.63) is 62.6 Å². The van der Waals surface area contributed by atoms with Crippen LogP contribution in [0.5, 0.6) is 5.75 Å². The van der Waals surface area contributed by atoms with E-state index in [1.807, 2.05) is 12.1 Å². The molecule has 0 spiro atoms. The molecule has 4 rings (SSSR count). The van der Waals surface area contributed by atoms with Crippen LogP contribution in [0.3, 0.4) is 0 Å². The molecule has 3 heterocycles. The average molecular weight is 502 g/mol. The summed E-state index contributed by atoms with van der Waals surface area (Å²) in [6, 6.07) is 5.20. The van der Waals surface area contributed by atoms with E-state index in [2.05, 4.69) is 35.8 Å². The molecule has 1 aromatic carbocycles. The van der Waals surface area contributed by atoms with Gasteiger partial charge in [0.05, 0.1) is 24.6 Å². The Morgan fingerprint density at radius 3 is 2.63 bits per heavy atom. The molecule has 0 radical (unpaired) electrons. The highest BCUT2D eigenvalue weighted by Crippen LogP contribution is 2.41. The minimum atomic E-state index is -3.24. The maximum absolute atomic E-state index is 12.6. The normalized spacial score (nSPS) is 18.8. The maximum Gasteiger partial charge on any atom is 0.332 e. The van der Waals surface area contributed by atoms with Crippen molar-refractivity contribution >= 4 is 20.9 Å². The summed E-state index contributed by atoms with van der Waals surface area (Å²) < 4.78 is 32.7. The first-order valence-electron chi connectivity index (χ1n) is 11.4. The molecule has 1 aliphatic heterocycles. The Labute approximate surface area is 203 Å². The first-order chi connectivity index (χ1) is 16.4. The summed E-state index contributed by atoms with van der Waals surface area (Å²) in [4.78, 5) is 31.3. The van der Waals surface area contributed by atoms with Crippen molar-refractivity contribution in [3.63, 3.8) is 0 Å². The molecular weight excluding hydrogens is 470 g/mol. The van der Waals surface area contributed by atoms with E-state index in [0.29, 0.717) is 30.0 Å². The highest BCUT2D eigenvalue weighted by molar-refractivity contribution is 7.88. The van der Waals surface area contributed by atoms with Gasteiger partial charge >= 0.3 is 5.69 Å². The zero-order valence-corrected chi connectivity index (χ0v) is 21.3. The highest BCUT2D eigenvalue weighted by Gasteiger charge is 2.28. The molecule has 11 heteroatoms. The minimum absolute atomic E-state index is 0.000474. The Hall–Kier alpha value is -3.02. The zero-order chi connectivity index (χ0) is 25.5. The van der Waals surface area contributed by atoms with Crippen LogP contribution in [0.15, 0.2) is 40.2 Å². The van der Waals surface area contributed by atoms with Crippen LogP contribution < -0.4 is 26.0 Å². The van der Waals surface area contributed by atoms with Crippen LogP contribution in [0.1, 0.15) is 44.4 Å². The molecular formula is C24H31N5O5S. The van der Waals surface area contributed by atoms with Gasteiger partial charge in [-0.25, -0.2) is 17.9 Å². The standard InChI is InChI=1S/C24H31N5O5S/c1-24(2,3)17-10-19(29-7-6-20(30)28-23(29)31)21-16(22(17)34-4)9-15(13-26-21)18-8-14(11-25-18)12-27-35(5,32)33/h6-7,9-10,13-14,18,25,27H,8,11-12H2,1-5H3,(H,28,30,31). The Morgan fingerprint density at radius 1 is 1.26 bits per heavy atom. The van der Waals surface area contributed by atoms with E-state index in [9.17, 15) is 18.0 Å². The van der Waals surface area contributed by atoms with Gasteiger partial charge in [-0.2, -0.15) is 0 Å². The molecule has 2 atom stereocenters. The quantitative estimate of drug-likeness (QED) is 0.467. The van der Waals surface area contributed by atoms with Crippen molar-refractivity contribution in [1.29, 1.82) is 0 Å². The largest absolute Gasteiger partial charge is 0.496 e. The van der Waals surface area contributed by atoms with Gasteiger partial charge in [-0.3, -0.25) is 19.3 Å². The van der Waals surface area contributed by atoms with Crippen LogP contribution in [0, 0.1) is 5.92 Å². The van der Waals surface area contributed by atoms with Crippen molar-refractivity contribution in [2.45, 2.75) is 38.6 Å². The Bertz CT molecular complexity index is 1490. The first-order valence-corrected chi connectivity index (χ1v) is 13.3. The number of nitrogens with one attached hydrogen (secondary N) is 3. The van der Waals surface area contributed by atoms with E-state index in [1.165, 1.54) is 16.8 Å². The lowest BCUT2D eigenvalue weighted by Crippen LogP contribution is -2.29. The van der Waals surface area contributed by atoms with Crippen molar-refractivity contribution in [3.8, 4) is 11.4 Å². The number of rotatable bonds is 6. The maximum atomic E-state index is 12.6. The van der Waals surface area contributed by atoms with Crippen LogP contribution in [-0.2, 0) is 15.4 Å². The third-order valence-corrected chi connectivity index (χ3v) is 6.97. The van der Waals surface area contributed by atoms with Crippen LogP contribution in [0.25, 0.3) is 16.6 Å².